The number of fused-ring (bicyclic) bond motifs is 2. The molecule has 8 heteroatoms. The number of nitrogens with zero attached hydrogens (tertiary/aromatic N) is 4. The third kappa shape index (κ3) is 3.68. The maximum Gasteiger partial charge on any atom is 0.295 e. The van der Waals surface area contributed by atoms with Crippen molar-refractivity contribution in [2.75, 3.05) is 31.2 Å². The van der Waals surface area contributed by atoms with Gasteiger partial charge in [0.1, 0.15) is 5.69 Å². The summed E-state index contributed by atoms with van der Waals surface area (Å²) in [4.78, 5) is 27.3. The molecule has 4 aromatic carbocycles. The van der Waals surface area contributed by atoms with Crippen molar-refractivity contribution < 1.29 is 9.66 Å². The molecule has 2 heterocycles. The van der Waals surface area contributed by atoms with Gasteiger partial charge >= 0.3 is 0 Å². The van der Waals surface area contributed by atoms with Crippen LogP contribution in [0.2, 0.25) is 0 Å². The molecule has 0 radical (unpaired) electrons. The Balaban J connectivity index is 1.65. The molecule has 5 aromatic rings. The summed E-state index contributed by atoms with van der Waals surface area (Å²) < 4.78 is 6.63. The van der Waals surface area contributed by atoms with Gasteiger partial charge in [0.2, 0.25) is 0 Å². The minimum Gasteiger partial charge on any atom is -0.378 e. The quantitative estimate of drug-likeness (QED) is 0.268. The number of nitro benzene ring substituents is 1. The van der Waals surface area contributed by atoms with Gasteiger partial charge in [0.25, 0.3) is 11.2 Å². The molecule has 8 nitrogen and oxygen atoms in total. The Bertz CT molecular complexity index is 1680. The average molecular weight is 479 g/mol. The summed E-state index contributed by atoms with van der Waals surface area (Å²) >= 11 is 0. The first-order valence-electron chi connectivity index (χ1n) is 11.7. The number of ether oxygens (including phenoxy) is 1. The van der Waals surface area contributed by atoms with Crippen molar-refractivity contribution in [3.8, 4) is 16.9 Å². The second-order valence-corrected chi connectivity index (χ2v) is 8.67. The number of anilines is 1. The van der Waals surface area contributed by atoms with E-state index in [2.05, 4.69) is 4.90 Å². The van der Waals surface area contributed by atoms with Crippen molar-refractivity contribution in [1.29, 1.82) is 0 Å². The van der Waals surface area contributed by atoms with Crippen LogP contribution in [0.3, 0.4) is 0 Å². The van der Waals surface area contributed by atoms with Gasteiger partial charge < -0.3 is 9.64 Å². The number of hydrogen-bond acceptors (Lipinski definition) is 6. The predicted molar refractivity (Wildman–Crippen MR) is 140 cm³/mol. The molecule has 36 heavy (non-hydrogen) atoms. The van der Waals surface area contributed by atoms with Gasteiger partial charge in [-0.25, -0.2) is 0 Å². The second-order valence-electron chi connectivity index (χ2n) is 8.67. The number of rotatable bonds is 4. The lowest BCUT2D eigenvalue weighted by Crippen LogP contribution is -2.36. The van der Waals surface area contributed by atoms with Crippen LogP contribution in [0, 0.1) is 10.1 Å². The van der Waals surface area contributed by atoms with Crippen LogP contribution < -0.4 is 10.5 Å². The van der Waals surface area contributed by atoms with Crippen molar-refractivity contribution in [2.45, 2.75) is 0 Å². The Hall–Kier alpha value is -4.56. The first-order valence-corrected chi connectivity index (χ1v) is 11.7. The number of hydrogen-bond donors (Lipinski definition) is 0. The third-order valence-corrected chi connectivity index (χ3v) is 6.61. The summed E-state index contributed by atoms with van der Waals surface area (Å²) in [5, 5.41) is 20.0. The zero-order valence-corrected chi connectivity index (χ0v) is 19.3. The zero-order chi connectivity index (χ0) is 24.6. The molecule has 0 N–H and O–H groups in total. The third-order valence-electron chi connectivity index (χ3n) is 6.61. The van der Waals surface area contributed by atoms with Crippen LogP contribution in [-0.4, -0.2) is 41.0 Å². The Kier molecular flexibility index (Phi) is 5.42. The Morgan fingerprint density at radius 1 is 0.833 bits per heavy atom. The first-order chi connectivity index (χ1) is 17.6. The van der Waals surface area contributed by atoms with Gasteiger partial charge in [-0.1, -0.05) is 60.7 Å². The minimum absolute atomic E-state index is 0.140. The molecule has 0 bridgehead atoms. The number of benzene rings is 4. The fraction of sp³-hybridized carbons (Fsp3) is 0.143. The maximum absolute atomic E-state index is 13.7. The summed E-state index contributed by atoms with van der Waals surface area (Å²) in [7, 11) is 0. The summed E-state index contributed by atoms with van der Waals surface area (Å²) in [5.74, 6) is 0. The predicted octanol–water partition coefficient (Wildman–Crippen LogP) is 4.95. The highest BCUT2D eigenvalue weighted by molar-refractivity contribution is 6.03. The molecule has 6 rings (SSSR count). The highest BCUT2D eigenvalue weighted by Crippen LogP contribution is 2.33. The van der Waals surface area contributed by atoms with Gasteiger partial charge in [0.05, 0.1) is 29.2 Å². The molecule has 1 aliphatic heterocycles. The molecule has 0 saturated carbocycles. The fourth-order valence-corrected chi connectivity index (χ4v) is 4.84. The minimum atomic E-state index is -0.473. The van der Waals surface area contributed by atoms with Gasteiger partial charge in [-0.2, -0.15) is 9.78 Å². The van der Waals surface area contributed by atoms with Crippen LogP contribution in [0.5, 0.6) is 0 Å². The molecule has 178 valence electrons. The fourth-order valence-electron chi connectivity index (χ4n) is 4.84. The summed E-state index contributed by atoms with van der Waals surface area (Å²) in [6.45, 7) is 2.48. The van der Waals surface area contributed by atoms with Gasteiger partial charge in [0.15, 0.2) is 0 Å². The first kappa shape index (κ1) is 21.9. The molecule has 0 aliphatic carbocycles. The lowest BCUT2D eigenvalue weighted by molar-refractivity contribution is -0.384. The van der Waals surface area contributed by atoms with Crippen LogP contribution in [0.15, 0.2) is 89.7 Å². The molecule has 1 fully saturated rings. The molecule has 0 spiro atoms. The van der Waals surface area contributed by atoms with Crippen LogP contribution in [0.25, 0.3) is 38.5 Å². The topological polar surface area (TPSA) is 90.5 Å². The molecule has 1 aliphatic rings. The van der Waals surface area contributed by atoms with E-state index in [1.165, 1.54) is 10.7 Å². The Morgan fingerprint density at radius 3 is 2.31 bits per heavy atom. The lowest BCUT2D eigenvalue weighted by Gasteiger charge is -2.29. The van der Waals surface area contributed by atoms with Crippen molar-refractivity contribution >= 4 is 32.9 Å². The van der Waals surface area contributed by atoms with E-state index in [1.54, 1.807) is 24.3 Å². The van der Waals surface area contributed by atoms with E-state index in [4.69, 9.17) is 9.84 Å². The maximum atomic E-state index is 13.7. The van der Waals surface area contributed by atoms with Crippen LogP contribution in [-0.2, 0) is 4.74 Å². The lowest BCUT2D eigenvalue weighted by atomic mass is 9.99. The Labute approximate surface area is 206 Å². The number of morpholine rings is 1. The molecule has 1 aromatic heterocycles. The standard InChI is InChI=1S/C28H22N4O4/c33-28-24-10-4-3-9-23(24)27(22-11-5-7-19-6-1-2-8-21(19)22)29-31(28)26-18-20(12-13-25(26)32(34)35)30-14-16-36-17-15-30/h1-13,18H,14-17H2. The summed E-state index contributed by atoms with van der Waals surface area (Å²) in [6, 6.07) is 26.0. The highest BCUT2D eigenvalue weighted by Gasteiger charge is 2.23. The molecule has 1 saturated heterocycles. The van der Waals surface area contributed by atoms with E-state index in [-0.39, 0.29) is 11.4 Å². The summed E-state index contributed by atoms with van der Waals surface area (Å²) in [6.07, 6.45) is 0. The average Bonchev–Trinajstić information content (AvgIpc) is 2.93. The molecular weight excluding hydrogens is 456 g/mol. The second kappa shape index (κ2) is 8.90. The zero-order valence-electron chi connectivity index (χ0n) is 19.3. The molecule has 0 atom stereocenters. The monoisotopic (exact) mass is 478 g/mol. The largest absolute Gasteiger partial charge is 0.378 e. The van der Waals surface area contributed by atoms with Crippen LogP contribution >= 0.6 is 0 Å². The smallest absolute Gasteiger partial charge is 0.295 e. The number of aromatic nitrogens is 2. The van der Waals surface area contributed by atoms with Gasteiger partial charge in [-0.3, -0.25) is 14.9 Å². The Morgan fingerprint density at radius 2 is 1.53 bits per heavy atom. The van der Waals surface area contributed by atoms with Crippen molar-refractivity contribution in [2.24, 2.45) is 0 Å². The SMILES string of the molecule is O=c1c2ccccc2c(-c2cccc3ccccc23)nn1-c1cc(N2CCOCC2)ccc1[N+](=O)[O-]. The highest BCUT2D eigenvalue weighted by atomic mass is 16.6. The molecule has 0 amide bonds. The van der Waals surface area contributed by atoms with Crippen molar-refractivity contribution in [1.82, 2.24) is 9.78 Å². The van der Waals surface area contributed by atoms with Gasteiger partial charge in [0, 0.05) is 35.8 Å². The molecule has 0 unspecified atom stereocenters. The molecular formula is C28H22N4O4. The normalized spacial score (nSPS) is 13.8. The van der Waals surface area contributed by atoms with E-state index >= 15 is 0 Å². The van der Waals surface area contributed by atoms with Crippen molar-refractivity contribution in [3.63, 3.8) is 0 Å². The van der Waals surface area contributed by atoms with Gasteiger partial charge in [-0.05, 0) is 29.0 Å². The number of nitro groups is 1. The van der Waals surface area contributed by atoms with E-state index in [0.717, 1.165) is 22.0 Å². The van der Waals surface area contributed by atoms with Crippen LogP contribution in [0.1, 0.15) is 0 Å². The van der Waals surface area contributed by atoms with E-state index in [9.17, 15) is 14.9 Å². The van der Waals surface area contributed by atoms with E-state index < -0.39 is 10.5 Å². The van der Waals surface area contributed by atoms with E-state index in [1.807, 2.05) is 54.6 Å². The van der Waals surface area contributed by atoms with E-state index in [0.29, 0.717) is 42.8 Å². The van der Waals surface area contributed by atoms with Crippen LogP contribution in [0.4, 0.5) is 11.4 Å². The summed E-state index contributed by atoms with van der Waals surface area (Å²) in [5.41, 5.74) is 1.78. The van der Waals surface area contributed by atoms with Gasteiger partial charge in [-0.15, -0.1) is 0 Å². The van der Waals surface area contributed by atoms with Crippen molar-refractivity contribution in [3.05, 3.63) is 105 Å².